The van der Waals surface area contributed by atoms with Crippen molar-refractivity contribution in [2.24, 2.45) is 0 Å². The molecule has 0 saturated heterocycles. The summed E-state index contributed by atoms with van der Waals surface area (Å²) in [4.78, 5) is 12.5. The lowest BCUT2D eigenvalue weighted by Crippen LogP contribution is -1.99. The largest absolute Gasteiger partial charge is 0.396 e. The van der Waals surface area contributed by atoms with E-state index in [0.717, 1.165) is 27.1 Å². The minimum Gasteiger partial charge on any atom is -0.396 e. The molecule has 3 aromatic rings. The Hall–Kier alpha value is -2.19. The molecule has 3 aromatic carbocycles. The van der Waals surface area contributed by atoms with E-state index in [0.29, 0.717) is 6.42 Å². The van der Waals surface area contributed by atoms with Crippen LogP contribution in [0, 0.1) is 0 Å². The molecule has 0 aliphatic carbocycles. The number of hydrogen-bond donors (Lipinski definition) is 1. The predicted molar refractivity (Wildman–Crippen MR) is 78.5 cm³/mol. The lowest BCUT2D eigenvalue weighted by Gasteiger charge is -1.99. The van der Waals surface area contributed by atoms with Crippen molar-refractivity contribution in [1.29, 1.82) is 0 Å². The summed E-state index contributed by atoms with van der Waals surface area (Å²) in [6, 6.07) is 17.3. The van der Waals surface area contributed by atoms with Crippen LogP contribution in [0.3, 0.4) is 0 Å². The Morgan fingerprint density at radius 2 is 1.58 bits per heavy atom. The summed E-state index contributed by atoms with van der Waals surface area (Å²) in [6.07, 6.45) is 0.613. The summed E-state index contributed by atoms with van der Waals surface area (Å²) in [7, 11) is 0. The number of aliphatic hydroxyl groups excluding tert-OH is 1. The minimum atomic E-state index is 0.0612. The van der Waals surface area contributed by atoms with E-state index < -0.39 is 0 Å². The third kappa shape index (κ3) is 2.11. The molecule has 0 bridgehead atoms. The van der Waals surface area contributed by atoms with Gasteiger partial charge in [-0.15, -0.1) is 0 Å². The maximum absolute atomic E-state index is 12.5. The molecule has 0 atom stereocenters. The van der Waals surface area contributed by atoms with Gasteiger partial charge in [-0.1, -0.05) is 54.6 Å². The van der Waals surface area contributed by atoms with Gasteiger partial charge < -0.3 is 5.11 Å². The van der Waals surface area contributed by atoms with Crippen LogP contribution in [0.15, 0.2) is 59.4 Å². The second kappa shape index (κ2) is 4.82. The van der Waals surface area contributed by atoms with Crippen molar-refractivity contribution >= 4 is 21.5 Å². The predicted octanol–water partition coefficient (Wildman–Crippen LogP) is 2.89. The third-order valence-corrected chi connectivity index (χ3v) is 3.41. The first-order chi connectivity index (χ1) is 9.29. The normalized spacial score (nSPS) is 11.0. The summed E-state index contributed by atoms with van der Waals surface area (Å²) in [5, 5.41) is 12.3. The first-order valence-corrected chi connectivity index (χ1v) is 6.35. The molecular formula is C17H14O2. The molecule has 3 rings (SSSR count). The molecule has 0 spiro atoms. The maximum atomic E-state index is 12.5. The van der Waals surface area contributed by atoms with Crippen LogP contribution in [-0.4, -0.2) is 11.7 Å². The van der Waals surface area contributed by atoms with Gasteiger partial charge in [-0.3, -0.25) is 4.79 Å². The zero-order valence-electron chi connectivity index (χ0n) is 10.5. The highest BCUT2D eigenvalue weighted by atomic mass is 16.2. The van der Waals surface area contributed by atoms with Crippen molar-refractivity contribution in [1.82, 2.24) is 0 Å². The Balaban J connectivity index is 2.41. The number of benzene rings is 2. The molecule has 1 N–H and O–H groups in total. The van der Waals surface area contributed by atoms with Gasteiger partial charge in [0.05, 0.1) is 0 Å². The lowest BCUT2D eigenvalue weighted by molar-refractivity contribution is 0.299. The molecule has 0 fully saturated rings. The Labute approximate surface area is 110 Å². The summed E-state index contributed by atoms with van der Waals surface area (Å²) in [5.74, 6) is 0. The molecule has 0 aromatic heterocycles. The van der Waals surface area contributed by atoms with Gasteiger partial charge in [-0.2, -0.15) is 0 Å². The van der Waals surface area contributed by atoms with Crippen molar-refractivity contribution in [2.45, 2.75) is 6.42 Å². The lowest BCUT2D eigenvalue weighted by atomic mass is 10.1. The second-order valence-electron chi connectivity index (χ2n) is 4.64. The molecule has 19 heavy (non-hydrogen) atoms. The fourth-order valence-electron chi connectivity index (χ4n) is 2.42. The van der Waals surface area contributed by atoms with Gasteiger partial charge in [0.1, 0.15) is 0 Å². The summed E-state index contributed by atoms with van der Waals surface area (Å²) < 4.78 is 0. The number of rotatable bonds is 2. The SMILES string of the molecule is O=c1c2ccccc2ccc2cc(CCO)ccc12. The van der Waals surface area contributed by atoms with Crippen LogP contribution in [0.25, 0.3) is 21.5 Å². The average molecular weight is 250 g/mol. The Bertz CT molecular complexity index is 806. The van der Waals surface area contributed by atoms with Gasteiger partial charge in [0, 0.05) is 17.4 Å². The molecule has 2 nitrogen and oxygen atoms in total. The highest BCUT2D eigenvalue weighted by Gasteiger charge is 2.02. The van der Waals surface area contributed by atoms with Crippen LogP contribution < -0.4 is 5.43 Å². The van der Waals surface area contributed by atoms with E-state index in [9.17, 15) is 4.79 Å². The van der Waals surface area contributed by atoms with E-state index in [1.165, 1.54) is 0 Å². The zero-order chi connectivity index (χ0) is 13.2. The monoisotopic (exact) mass is 250 g/mol. The van der Waals surface area contributed by atoms with E-state index in [1.807, 2.05) is 54.6 Å². The van der Waals surface area contributed by atoms with Crippen molar-refractivity contribution < 1.29 is 5.11 Å². The van der Waals surface area contributed by atoms with Crippen LogP contribution in [0.5, 0.6) is 0 Å². The highest BCUT2D eigenvalue weighted by molar-refractivity contribution is 5.93. The average Bonchev–Trinajstić information content (AvgIpc) is 2.58. The summed E-state index contributed by atoms with van der Waals surface area (Å²) >= 11 is 0. The molecule has 0 saturated carbocycles. The smallest absolute Gasteiger partial charge is 0.194 e. The molecule has 0 amide bonds. The van der Waals surface area contributed by atoms with E-state index >= 15 is 0 Å². The van der Waals surface area contributed by atoms with E-state index in [2.05, 4.69) is 0 Å². The van der Waals surface area contributed by atoms with Gasteiger partial charge >= 0.3 is 0 Å². The Morgan fingerprint density at radius 3 is 2.42 bits per heavy atom. The van der Waals surface area contributed by atoms with Gasteiger partial charge in [0.15, 0.2) is 5.43 Å². The molecule has 0 aliphatic heterocycles. The van der Waals surface area contributed by atoms with Gasteiger partial charge in [-0.05, 0) is 22.8 Å². The van der Waals surface area contributed by atoms with E-state index in [-0.39, 0.29) is 12.0 Å². The molecule has 0 aliphatic rings. The van der Waals surface area contributed by atoms with Crippen molar-refractivity contribution in [3.63, 3.8) is 0 Å². The van der Waals surface area contributed by atoms with Crippen molar-refractivity contribution in [3.8, 4) is 0 Å². The standard InChI is InChI=1S/C17H14O2/c18-10-9-12-5-8-16-14(11-12)7-6-13-3-1-2-4-15(13)17(16)19/h1-8,11,18H,9-10H2. The van der Waals surface area contributed by atoms with E-state index in [4.69, 9.17) is 5.11 Å². The van der Waals surface area contributed by atoms with Crippen LogP contribution >= 0.6 is 0 Å². The first-order valence-electron chi connectivity index (χ1n) is 6.35. The zero-order valence-corrected chi connectivity index (χ0v) is 10.5. The van der Waals surface area contributed by atoms with Gasteiger partial charge in [0.2, 0.25) is 0 Å². The molecule has 0 heterocycles. The molecule has 0 radical (unpaired) electrons. The van der Waals surface area contributed by atoms with Crippen molar-refractivity contribution in [3.05, 3.63) is 70.4 Å². The molecule has 2 heteroatoms. The maximum Gasteiger partial charge on any atom is 0.194 e. The van der Waals surface area contributed by atoms with Crippen molar-refractivity contribution in [2.75, 3.05) is 6.61 Å². The topological polar surface area (TPSA) is 37.3 Å². The van der Waals surface area contributed by atoms with Gasteiger partial charge in [-0.25, -0.2) is 0 Å². The fourth-order valence-corrected chi connectivity index (χ4v) is 2.42. The van der Waals surface area contributed by atoms with E-state index in [1.54, 1.807) is 0 Å². The highest BCUT2D eigenvalue weighted by Crippen LogP contribution is 2.17. The van der Waals surface area contributed by atoms with Crippen LogP contribution in [0.2, 0.25) is 0 Å². The number of hydrogen-bond acceptors (Lipinski definition) is 2. The van der Waals surface area contributed by atoms with Crippen LogP contribution in [0.4, 0.5) is 0 Å². The fraction of sp³-hybridized carbons (Fsp3) is 0.118. The number of fused-ring (bicyclic) bond motifs is 2. The quantitative estimate of drug-likeness (QED) is 0.759. The second-order valence-corrected chi connectivity index (χ2v) is 4.64. The third-order valence-electron chi connectivity index (χ3n) is 3.41. The first kappa shape index (κ1) is 11.9. The molecular weight excluding hydrogens is 236 g/mol. The Morgan fingerprint density at radius 1 is 0.842 bits per heavy atom. The van der Waals surface area contributed by atoms with Crippen LogP contribution in [-0.2, 0) is 6.42 Å². The minimum absolute atomic E-state index is 0.0612. The molecule has 0 unspecified atom stereocenters. The summed E-state index contributed by atoms with van der Waals surface area (Å²) in [6.45, 7) is 0.122. The summed E-state index contributed by atoms with van der Waals surface area (Å²) in [5.41, 5.74) is 1.11. The molecule has 94 valence electrons. The van der Waals surface area contributed by atoms with Gasteiger partial charge in [0.25, 0.3) is 0 Å². The number of aliphatic hydroxyl groups is 1. The van der Waals surface area contributed by atoms with Crippen LogP contribution in [0.1, 0.15) is 5.56 Å². The Kier molecular flexibility index (Phi) is 3.02.